The fourth-order valence-electron chi connectivity index (χ4n) is 4.17. The SMILES string of the molecule is CCS(=O)(=O)c1cc(C(F)(F)F)cnc1-c1nc2c(n1C)C(=O)C(Cc1ccccc1)C(C(F)(F)F)=C2. The Morgan fingerprint density at radius 3 is 2.24 bits per heavy atom. The highest BCUT2D eigenvalue weighted by atomic mass is 32.2. The van der Waals surface area contributed by atoms with E-state index in [1.807, 2.05) is 0 Å². The maximum Gasteiger partial charge on any atom is 0.417 e. The Morgan fingerprint density at radius 2 is 1.68 bits per heavy atom. The van der Waals surface area contributed by atoms with Crippen molar-refractivity contribution in [2.45, 2.75) is 30.6 Å². The zero-order valence-electron chi connectivity index (χ0n) is 19.4. The van der Waals surface area contributed by atoms with E-state index in [-0.39, 0.29) is 23.6 Å². The van der Waals surface area contributed by atoms with Crippen LogP contribution in [0.5, 0.6) is 0 Å². The van der Waals surface area contributed by atoms with E-state index in [1.54, 1.807) is 30.3 Å². The molecular weight excluding hydrogens is 524 g/mol. The topological polar surface area (TPSA) is 81.9 Å². The van der Waals surface area contributed by atoms with Crippen LogP contribution >= 0.6 is 0 Å². The van der Waals surface area contributed by atoms with Gasteiger partial charge in [0, 0.05) is 18.8 Å². The standard InChI is InChI=1S/C24H19F6N3O3S/c1-3-37(35,36)18-10-14(23(25,26)27)12-31-19(18)22-32-17-11-16(24(28,29)30)15(21(34)20(17)33(22)2)9-13-7-5-4-6-8-13/h4-8,10-12,15H,3,9H2,1-2H3. The van der Waals surface area contributed by atoms with Crippen LogP contribution < -0.4 is 0 Å². The van der Waals surface area contributed by atoms with E-state index in [4.69, 9.17) is 0 Å². The third-order valence-corrected chi connectivity index (χ3v) is 7.80. The first-order chi connectivity index (χ1) is 17.1. The number of ketones is 1. The van der Waals surface area contributed by atoms with Gasteiger partial charge >= 0.3 is 12.4 Å². The lowest BCUT2D eigenvalue weighted by Gasteiger charge is -2.25. The van der Waals surface area contributed by atoms with Crippen molar-refractivity contribution in [3.8, 4) is 11.5 Å². The molecule has 2 heterocycles. The van der Waals surface area contributed by atoms with Crippen LogP contribution in [0.4, 0.5) is 26.3 Å². The average molecular weight is 543 g/mol. The number of benzene rings is 1. The van der Waals surface area contributed by atoms with Gasteiger partial charge in [0.1, 0.15) is 11.4 Å². The molecule has 0 N–H and O–H groups in total. The number of hydrogen-bond donors (Lipinski definition) is 0. The van der Waals surface area contributed by atoms with Crippen molar-refractivity contribution in [1.82, 2.24) is 14.5 Å². The summed E-state index contributed by atoms with van der Waals surface area (Å²) in [4.78, 5) is 20.3. The average Bonchev–Trinajstić information content (AvgIpc) is 3.16. The second-order valence-corrected chi connectivity index (χ2v) is 10.7. The van der Waals surface area contributed by atoms with Crippen LogP contribution in [0.25, 0.3) is 17.6 Å². The van der Waals surface area contributed by atoms with Crippen LogP contribution in [0.3, 0.4) is 0 Å². The molecule has 0 spiro atoms. The van der Waals surface area contributed by atoms with Gasteiger partial charge in [0.05, 0.1) is 27.8 Å². The number of allylic oxidation sites excluding steroid dienone is 1. The fraction of sp³-hybridized carbons (Fsp3) is 0.292. The predicted molar refractivity (Wildman–Crippen MR) is 121 cm³/mol. The van der Waals surface area contributed by atoms with Crippen LogP contribution in [0.1, 0.15) is 34.2 Å². The normalized spacial score (nSPS) is 16.5. The van der Waals surface area contributed by atoms with Gasteiger partial charge in [-0.1, -0.05) is 37.3 Å². The van der Waals surface area contributed by atoms with E-state index < -0.39 is 61.4 Å². The number of pyridine rings is 1. The van der Waals surface area contributed by atoms with Gasteiger partial charge in [-0.3, -0.25) is 9.78 Å². The zero-order valence-corrected chi connectivity index (χ0v) is 20.2. The minimum absolute atomic E-state index is 0.231. The van der Waals surface area contributed by atoms with E-state index in [1.165, 1.54) is 14.0 Å². The highest BCUT2D eigenvalue weighted by molar-refractivity contribution is 7.91. The molecule has 0 fully saturated rings. The summed E-state index contributed by atoms with van der Waals surface area (Å²) in [5.41, 5.74) is -3.06. The minimum atomic E-state index is -4.89. The molecule has 1 unspecified atom stereocenters. The number of fused-ring (bicyclic) bond motifs is 1. The molecule has 2 aromatic heterocycles. The number of rotatable bonds is 5. The predicted octanol–water partition coefficient (Wildman–Crippen LogP) is 5.30. The van der Waals surface area contributed by atoms with Crippen molar-refractivity contribution in [3.05, 3.63) is 70.7 Å². The summed E-state index contributed by atoms with van der Waals surface area (Å²) in [5, 5.41) is 0. The van der Waals surface area contributed by atoms with Crippen molar-refractivity contribution >= 4 is 21.7 Å². The number of aromatic nitrogens is 3. The molecule has 1 atom stereocenters. The Morgan fingerprint density at radius 1 is 1.03 bits per heavy atom. The first-order valence-electron chi connectivity index (χ1n) is 10.9. The van der Waals surface area contributed by atoms with Gasteiger partial charge in [-0.25, -0.2) is 13.4 Å². The maximum absolute atomic E-state index is 14.0. The van der Waals surface area contributed by atoms with E-state index in [9.17, 15) is 39.6 Å². The van der Waals surface area contributed by atoms with Gasteiger partial charge < -0.3 is 4.57 Å². The zero-order chi connectivity index (χ0) is 27.3. The molecule has 6 nitrogen and oxygen atoms in total. The molecule has 0 radical (unpaired) electrons. The van der Waals surface area contributed by atoms with Crippen LogP contribution in [0.15, 0.2) is 53.1 Å². The number of sulfone groups is 1. The Hall–Kier alpha value is -3.48. The van der Waals surface area contributed by atoms with Crippen molar-refractivity contribution in [2.75, 3.05) is 5.75 Å². The molecule has 0 aliphatic heterocycles. The first-order valence-corrected chi connectivity index (χ1v) is 12.5. The van der Waals surface area contributed by atoms with Crippen molar-refractivity contribution in [3.63, 3.8) is 0 Å². The van der Waals surface area contributed by atoms with Crippen molar-refractivity contribution in [2.24, 2.45) is 13.0 Å². The summed E-state index contributed by atoms with van der Waals surface area (Å²) < 4.78 is 108. The number of Topliss-reactive ketones (excluding diaryl/α,β-unsaturated/α-hetero) is 1. The Balaban J connectivity index is 1.92. The number of nitrogens with zero attached hydrogens (tertiary/aromatic N) is 3. The van der Waals surface area contributed by atoms with Gasteiger partial charge in [-0.15, -0.1) is 0 Å². The largest absolute Gasteiger partial charge is 0.417 e. The van der Waals surface area contributed by atoms with Crippen molar-refractivity contribution in [1.29, 1.82) is 0 Å². The maximum atomic E-state index is 14.0. The molecule has 0 amide bonds. The summed E-state index contributed by atoms with van der Waals surface area (Å²) in [7, 11) is -3.00. The van der Waals surface area contributed by atoms with Gasteiger partial charge in [0.2, 0.25) is 0 Å². The molecule has 4 rings (SSSR count). The van der Waals surface area contributed by atoms with Crippen LogP contribution in [0.2, 0.25) is 0 Å². The lowest BCUT2D eigenvalue weighted by atomic mass is 9.82. The summed E-state index contributed by atoms with van der Waals surface area (Å²) >= 11 is 0. The molecule has 0 bridgehead atoms. The Bertz CT molecular complexity index is 1510. The third kappa shape index (κ3) is 4.91. The number of hydrogen-bond acceptors (Lipinski definition) is 5. The van der Waals surface area contributed by atoms with Gasteiger partial charge in [0.15, 0.2) is 21.4 Å². The quantitative estimate of drug-likeness (QED) is 0.409. The molecule has 196 valence electrons. The van der Waals surface area contributed by atoms with E-state index >= 15 is 0 Å². The highest BCUT2D eigenvalue weighted by Gasteiger charge is 2.46. The third-order valence-electron chi connectivity index (χ3n) is 6.06. The lowest BCUT2D eigenvalue weighted by Crippen LogP contribution is -2.32. The van der Waals surface area contributed by atoms with Crippen molar-refractivity contribution < 1.29 is 39.6 Å². The number of halogens is 6. The smallest absolute Gasteiger partial charge is 0.323 e. The molecule has 1 aromatic carbocycles. The van der Waals surface area contributed by atoms with Crippen LogP contribution in [-0.2, 0) is 29.5 Å². The number of carbonyl (C=O) groups excluding carboxylic acids is 1. The van der Waals surface area contributed by atoms with Crippen LogP contribution in [-0.4, -0.2) is 40.7 Å². The van der Waals surface area contributed by atoms with E-state index in [2.05, 4.69) is 9.97 Å². The first kappa shape index (κ1) is 26.6. The van der Waals surface area contributed by atoms with Gasteiger partial charge in [-0.05, 0) is 24.1 Å². The number of carbonyl (C=O) groups is 1. The fourth-order valence-corrected chi connectivity index (χ4v) is 5.23. The molecule has 1 aliphatic rings. The molecule has 0 saturated carbocycles. The van der Waals surface area contributed by atoms with Gasteiger partial charge in [-0.2, -0.15) is 26.3 Å². The molecular formula is C24H19F6N3O3S. The number of imidazole rings is 1. The summed E-state index contributed by atoms with van der Waals surface area (Å²) in [5.74, 6) is -3.42. The lowest BCUT2D eigenvalue weighted by molar-refractivity contribution is -0.138. The second-order valence-electron chi connectivity index (χ2n) is 8.40. The Labute approximate surface area is 207 Å². The summed E-state index contributed by atoms with van der Waals surface area (Å²) in [6.45, 7) is 1.22. The Kier molecular flexibility index (Phi) is 6.55. The number of alkyl halides is 6. The van der Waals surface area contributed by atoms with E-state index in [0.29, 0.717) is 23.9 Å². The second kappa shape index (κ2) is 9.12. The molecule has 3 aromatic rings. The molecule has 37 heavy (non-hydrogen) atoms. The van der Waals surface area contributed by atoms with E-state index in [0.717, 1.165) is 4.57 Å². The summed E-state index contributed by atoms with van der Waals surface area (Å²) in [6.07, 6.45) is -8.89. The molecule has 1 aliphatic carbocycles. The van der Waals surface area contributed by atoms with Crippen LogP contribution in [0, 0.1) is 5.92 Å². The molecule has 13 heteroatoms. The highest BCUT2D eigenvalue weighted by Crippen LogP contribution is 2.42. The monoisotopic (exact) mass is 543 g/mol. The molecule has 0 saturated heterocycles. The van der Waals surface area contributed by atoms with Gasteiger partial charge in [0.25, 0.3) is 0 Å². The minimum Gasteiger partial charge on any atom is -0.323 e. The summed E-state index contributed by atoms with van der Waals surface area (Å²) in [6, 6.07) is 8.50.